The highest BCUT2D eigenvalue weighted by molar-refractivity contribution is 8.15. The van der Waals surface area contributed by atoms with Crippen molar-refractivity contribution in [3.05, 3.63) is 59.8 Å². The first-order chi connectivity index (χ1) is 17.0. The molecular weight excluding hydrogens is 466 g/mol. The number of carbonyl (C=O) groups excluding carboxylic acids is 2. The molecule has 2 amide bonds. The molecule has 0 N–H and O–H groups in total. The molecule has 184 valence electrons. The molecule has 1 fully saturated rings. The van der Waals surface area contributed by atoms with Gasteiger partial charge in [0, 0.05) is 13.1 Å². The van der Waals surface area contributed by atoms with Gasteiger partial charge in [0.15, 0.2) is 5.17 Å². The van der Waals surface area contributed by atoms with Crippen molar-refractivity contribution in [3.8, 4) is 11.5 Å². The quantitative estimate of drug-likeness (QED) is 0.544. The van der Waals surface area contributed by atoms with Crippen molar-refractivity contribution >= 4 is 40.5 Å². The molecule has 2 aromatic carbocycles. The van der Waals surface area contributed by atoms with Crippen LogP contribution < -0.4 is 14.4 Å². The number of anilines is 1. The summed E-state index contributed by atoms with van der Waals surface area (Å²) in [4.78, 5) is 34.8. The monoisotopic (exact) mass is 495 g/mol. The van der Waals surface area contributed by atoms with E-state index in [-0.39, 0.29) is 17.1 Å². The number of amidine groups is 1. The van der Waals surface area contributed by atoms with Crippen LogP contribution in [0.2, 0.25) is 0 Å². The van der Waals surface area contributed by atoms with Gasteiger partial charge in [-0.05, 0) is 54.5 Å². The maximum atomic E-state index is 13.5. The van der Waals surface area contributed by atoms with Gasteiger partial charge in [0.25, 0.3) is 5.91 Å². The molecule has 2 aliphatic heterocycles. The van der Waals surface area contributed by atoms with Crippen LogP contribution in [0.1, 0.15) is 18.9 Å². The van der Waals surface area contributed by atoms with Gasteiger partial charge in [-0.3, -0.25) is 14.5 Å². The van der Waals surface area contributed by atoms with E-state index < -0.39 is 0 Å². The summed E-state index contributed by atoms with van der Waals surface area (Å²) in [5.41, 5.74) is 1.80. The molecule has 1 atom stereocenters. The van der Waals surface area contributed by atoms with E-state index in [4.69, 9.17) is 14.2 Å². The van der Waals surface area contributed by atoms with E-state index in [1.54, 1.807) is 37.3 Å². The Balaban J connectivity index is 1.65. The molecule has 35 heavy (non-hydrogen) atoms. The number of benzene rings is 2. The van der Waals surface area contributed by atoms with Crippen LogP contribution in [0, 0.1) is 0 Å². The number of thioether (sulfide) groups is 1. The third kappa shape index (κ3) is 5.68. The second-order valence-electron chi connectivity index (χ2n) is 7.99. The Morgan fingerprint density at radius 2 is 1.66 bits per heavy atom. The summed E-state index contributed by atoms with van der Waals surface area (Å²) in [6.45, 7) is 4.20. The number of hydrogen-bond donors (Lipinski definition) is 0. The van der Waals surface area contributed by atoms with Crippen LogP contribution >= 0.6 is 11.8 Å². The Bertz CT molecular complexity index is 1110. The third-order valence-electron chi connectivity index (χ3n) is 5.80. The van der Waals surface area contributed by atoms with E-state index in [1.807, 2.05) is 48.2 Å². The van der Waals surface area contributed by atoms with Crippen molar-refractivity contribution in [3.63, 3.8) is 0 Å². The molecule has 4 rings (SSSR count). The van der Waals surface area contributed by atoms with E-state index in [0.29, 0.717) is 55.0 Å². The largest absolute Gasteiger partial charge is 0.497 e. The zero-order valence-corrected chi connectivity index (χ0v) is 20.9. The number of rotatable bonds is 7. The number of aliphatic imine (C=N–C) groups is 1. The Morgan fingerprint density at radius 3 is 2.23 bits per heavy atom. The van der Waals surface area contributed by atoms with Gasteiger partial charge in [-0.1, -0.05) is 30.8 Å². The van der Waals surface area contributed by atoms with Gasteiger partial charge in [0.05, 0.1) is 38.4 Å². The van der Waals surface area contributed by atoms with E-state index >= 15 is 0 Å². The number of amides is 2. The summed E-state index contributed by atoms with van der Waals surface area (Å²) in [5, 5.41) is 0.120. The molecule has 0 bridgehead atoms. The number of carbonyl (C=O) groups is 2. The number of ether oxygens (including phenoxy) is 3. The van der Waals surface area contributed by atoms with Crippen LogP contribution in [0.15, 0.2) is 59.2 Å². The lowest BCUT2D eigenvalue weighted by atomic mass is 10.2. The van der Waals surface area contributed by atoms with Crippen LogP contribution in [0.5, 0.6) is 11.5 Å². The van der Waals surface area contributed by atoms with Gasteiger partial charge in [0.1, 0.15) is 17.2 Å². The van der Waals surface area contributed by atoms with E-state index in [2.05, 4.69) is 4.99 Å². The molecule has 0 saturated carbocycles. The molecule has 8 nitrogen and oxygen atoms in total. The van der Waals surface area contributed by atoms with Gasteiger partial charge < -0.3 is 19.1 Å². The molecule has 0 spiro atoms. The predicted molar refractivity (Wildman–Crippen MR) is 138 cm³/mol. The molecule has 2 aliphatic rings. The second kappa shape index (κ2) is 11.4. The number of methoxy groups -OCH3 is 2. The number of hydrogen-bond acceptors (Lipinski definition) is 7. The Morgan fingerprint density at radius 1 is 1.06 bits per heavy atom. The Labute approximate surface area is 209 Å². The minimum Gasteiger partial charge on any atom is -0.497 e. The smallest absolute Gasteiger partial charge is 0.283 e. The Kier molecular flexibility index (Phi) is 8.09. The van der Waals surface area contributed by atoms with Crippen molar-refractivity contribution in [2.75, 3.05) is 45.4 Å². The van der Waals surface area contributed by atoms with Crippen LogP contribution in [-0.4, -0.2) is 67.7 Å². The molecule has 1 saturated heterocycles. The molecular formula is C26H29N3O5S. The van der Waals surface area contributed by atoms with E-state index in [1.165, 1.54) is 11.8 Å². The molecule has 0 aromatic heterocycles. The standard InChI is InChI=1S/C26H29N3O5S/c1-4-23(25(31)28-13-15-34-16-14-28)35-26-27-22(17-18-5-9-20(32-2)10-6-18)24(30)29(26)19-7-11-21(33-3)12-8-19/h5-12,17,23H,4,13-16H2,1-3H3/b22-17+. The summed E-state index contributed by atoms with van der Waals surface area (Å²) < 4.78 is 15.9. The first-order valence-corrected chi connectivity index (χ1v) is 12.4. The summed E-state index contributed by atoms with van der Waals surface area (Å²) in [6.07, 6.45) is 2.36. The lowest BCUT2D eigenvalue weighted by molar-refractivity contribution is -0.134. The molecule has 2 heterocycles. The summed E-state index contributed by atoms with van der Waals surface area (Å²) in [7, 11) is 3.20. The fourth-order valence-corrected chi connectivity index (χ4v) is 4.93. The third-order valence-corrected chi connectivity index (χ3v) is 7.10. The fraction of sp³-hybridized carbons (Fsp3) is 0.346. The van der Waals surface area contributed by atoms with E-state index in [9.17, 15) is 9.59 Å². The summed E-state index contributed by atoms with van der Waals surface area (Å²) in [5.74, 6) is 1.21. The fourth-order valence-electron chi connectivity index (χ4n) is 3.82. The molecule has 2 aromatic rings. The molecule has 9 heteroatoms. The van der Waals surface area contributed by atoms with Crippen LogP contribution in [0.4, 0.5) is 5.69 Å². The molecule has 1 unspecified atom stereocenters. The second-order valence-corrected chi connectivity index (χ2v) is 9.16. The van der Waals surface area contributed by atoms with Crippen molar-refractivity contribution < 1.29 is 23.8 Å². The lowest BCUT2D eigenvalue weighted by Crippen LogP contribution is -2.45. The van der Waals surface area contributed by atoms with E-state index in [0.717, 1.165) is 11.3 Å². The SMILES string of the molecule is CCC(SC1=N/C(=C/c2ccc(OC)cc2)C(=O)N1c1ccc(OC)cc1)C(=O)N1CCOCC1. The number of morpholine rings is 1. The lowest BCUT2D eigenvalue weighted by Gasteiger charge is -2.30. The highest BCUT2D eigenvalue weighted by Crippen LogP contribution is 2.33. The summed E-state index contributed by atoms with van der Waals surface area (Å²) in [6, 6.07) is 14.6. The Hall–Kier alpha value is -3.30. The topological polar surface area (TPSA) is 80.7 Å². The van der Waals surface area contributed by atoms with Crippen LogP contribution in [-0.2, 0) is 14.3 Å². The highest BCUT2D eigenvalue weighted by Gasteiger charge is 2.36. The normalized spacial score (nSPS) is 18.0. The van der Waals surface area contributed by atoms with Gasteiger partial charge in [0.2, 0.25) is 5.91 Å². The van der Waals surface area contributed by atoms with Gasteiger partial charge in [-0.2, -0.15) is 0 Å². The zero-order valence-electron chi connectivity index (χ0n) is 20.1. The predicted octanol–water partition coefficient (Wildman–Crippen LogP) is 3.82. The van der Waals surface area contributed by atoms with Crippen molar-refractivity contribution in [2.24, 2.45) is 4.99 Å². The maximum absolute atomic E-state index is 13.5. The minimum atomic E-state index is -0.360. The van der Waals surface area contributed by atoms with Gasteiger partial charge in [-0.25, -0.2) is 4.99 Å². The van der Waals surface area contributed by atoms with Crippen LogP contribution in [0.25, 0.3) is 6.08 Å². The average molecular weight is 496 g/mol. The van der Waals surface area contributed by atoms with Crippen molar-refractivity contribution in [1.29, 1.82) is 0 Å². The van der Waals surface area contributed by atoms with Gasteiger partial charge in [-0.15, -0.1) is 0 Å². The maximum Gasteiger partial charge on any atom is 0.283 e. The van der Waals surface area contributed by atoms with Crippen molar-refractivity contribution in [2.45, 2.75) is 18.6 Å². The summed E-state index contributed by atoms with van der Waals surface area (Å²) >= 11 is 1.32. The zero-order chi connectivity index (χ0) is 24.8. The number of nitrogens with zero attached hydrogens (tertiary/aromatic N) is 3. The first kappa shape index (κ1) is 24.8. The van der Waals surface area contributed by atoms with Gasteiger partial charge >= 0.3 is 0 Å². The molecule has 0 aliphatic carbocycles. The average Bonchev–Trinajstić information content (AvgIpc) is 3.21. The van der Waals surface area contributed by atoms with Crippen LogP contribution in [0.3, 0.4) is 0 Å². The minimum absolute atomic E-state index is 0.0400. The first-order valence-electron chi connectivity index (χ1n) is 11.5. The van der Waals surface area contributed by atoms with Crippen molar-refractivity contribution in [1.82, 2.24) is 4.90 Å². The highest BCUT2D eigenvalue weighted by atomic mass is 32.2. The molecule has 0 radical (unpaired) electrons.